The maximum absolute atomic E-state index is 5.59. The Kier molecular flexibility index (Phi) is 2.04. The van der Waals surface area contributed by atoms with Crippen LogP contribution in [0.5, 0.6) is 0 Å². The van der Waals surface area contributed by atoms with E-state index in [0.717, 1.165) is 12.1 Å². The lowest BCUT2D eigenvalue weighted by Crippen LogP contribution is -1.89. The summed E-state index contributed by atoms with van der Waals surface area (Å²) in [7, 11) is 0. The van der Waals surface area contributed by atoms with Crippen LogP contribution < -0.4 is 5.73 Å². The highest BCUT2D eigenvalue weighted by molar-refractivity contribution is 5.40. The Morgan fingerprint density at radius 3 is 2.46 bits per heavy atom. The van der Waals surface area contributed by atoms with E-state index >= 15 is 0 Å². The van der Waals surface area contributed by atoms with Gasteiger partial charge in [-0.25, -0.2) is 0 Å². The molecule has 2 heteroatoms. The first-order valence-corrected chi connectivity index (χ1v) is 4.31. The molecule has 1 aromatic carbocycles. The number of nitrogen functional groups attached to an aromatic ring is 1. The molecule has 0 radical (unpaired) electrons. The molecule has 0 saturated heterocycles. The molecule has 2 nitrogen and oxygen atoms in total. The number of nitrogens with two attached hydrogens (primary N) is 1. The molecule has 0 aliphatic carbocycles. The van der Waals surface area contributed by atoms with E-state index in [1.807, 2.05) is 24.4 Å². The van der Waals surface area contributed by atoms with Crippen LogP contribution in [0.15, 0.2) is 42.6 Å². The fourth-order valence-corrected chi connectivity index (χ4v) is 1.33. The van der Waals surface area contributed by atoms with Gasteiger partial charge in [-0.05, 0) is 29.8 Å². The van der Waals surface area contributed by atoms with Gasteiger partial charge in [0.05, 0.1) is 0 Å². The van der Waals surface area contributed by atoms with Crippen LogP contribution in [0.1, 0.15) is 11.3 Å². The van der Waals surface area contributed by atoms with E-state index in [1.165, 1.54) is 11.3 Å². The fourth-order valence-electron chi connectivity index (χ4n) is 1.33. The zero-order valence-electron chi connectivity index (χ0n) is 7.33. The van der Waals surface area contributed by atoms with Gasteiger partial charge in [0.15, 0.2) is 0 Å². The number of H-pyrrole nitrogens is 1. The minimum absolute atomic E-state index is 0.815. The summed E-state index contributed by atoms with van der Waals surface area (Å²) in [6, 6.07) is 12.0. The van der Waals surface area contributed by atoms with E-state index in [1.54, 1.807) is 0 Å². The molecule has 0 unspecified atom stereocenters. The van der Waals surface area contributed by atoms with E-state index in [9.17, 15) is 0 Å². The largest absolute Gasteiger partial charge is 0.399 e. The standard InChI is InChI=1S/C11H12N2/c12-10-5-3-9(4-6-10)8-11-2-1-7-13-11/h1-7,13H,8,12H2. The van der Waals surface area contributed by atoms with Crippen molar-refractivity contribution in [2.24, 2.45) is 0 Å². The van der Waals surface area contributed by atoms with Gasteiger partial charge in [-0.1, -0.05) is 12.1 Å². The third kappa shape index (κ3) is 1.90. The zero-order valence-corrected chi connectivity index (χ0v) is 7.33. The first kappa shape index (κ1) is 7.92. The van der Waals surface area contributed by atoms with Crippen molar-refractivity contribution in [2.75, 3.05) is 5.73 Å². The van der Waals surface area contributed by atoms with E-state index in [2.05, 4.69) is 23.2 Å². The smallest absolute Gasteiger partial charge is 0.0314 e. The minimum Gasteiger partial charge on any atom is -0.399 e. The van der Waals surface area contributed by atoms with E-state index in [4.69, 9.17) is 5.73 Å². The van der Waals surface area contributed by atoms with Gasteiger partial charge >= 0.3 is 0 Å². The molecule has 2 rings (SSSR count). The molecule has 1 aromatic heterocycles. The number of hydrogen-bond acceptors (Lipinski definition) is 1. The maximum atomic E-state index is 5.59. The summed E-state index contributed by atoms with van der Waals surface area (Å²) in [6.07, 6.45) is 2.87. The van der Waals surface area contributed by atoms with Crippen LogP contribution in [0, 0.1) is 0 Å². The van der Waals surface area contributed by atoms with Crippen LogP contribution in [-0.2, 0) is 6.42 Å². The molecule has 0 bridgehead atoms. The summed E-state index contributed by atoms with van der Waals surface area (Å²) < 4.78 is 0. The van der Waals surface area contributed by atoms with Gasteiger partial charge in [-0.3, -0.25) is 0 Å². The van der Waals surface area contributed by atoms with Crippen molar-refractivity contribution in [3.05, 3.63) is 53.9 Å². The highest BCUT2D eigenvalue weighted by Gasteiger charge is 1.95. The number of nitrogens with one attached hydrogen (secondary N) is 1. The third-order valence-electron chi connectivity index (χ3n) is 2.04. The molecule has 0 atom stereocenters. The number of anilines is 1. The Morgan fingerprint density at radius 1 is 1.08 bits per heavy atom. The minimum atomic E-state index is 0.815. The molecular weight excluding hydrogens is 160 g/mol. The van der Waals surface area contributed by atoms with Crippen LogP contribution in [-0.4, -0.2) is 4.98 Å². The molecule has 3 N–H and O–H groups in total. The topological polar surface area (TPSA) is 41.8 Å². The Morgan fingerprint density at radius 2 is 1.85 bits per heavy atom. The number of rotatable bonds is 2. The van der Waals surface area contributed by atoms with E-state index in [0.29, 0.717) is 0 Å². The molecule has 0 saturated carbocycles. The van der Waals surface area contributed by atoms with Crippen LogP contribution in [0.3, 0.4) is 0 Å². The molecule has 13 heavy (non-hydrogen) atoms. The lowest BCUT2D eigenvalue weighted by molar-refractivity contribution is 1.11. The normalized spacial score (nSPS) is 10.2. The number of aromatic nitrogens is 1. The summed E-state index contributed by atoms with van der Waals surface area (Å²) in [5.41, 5.74) is 8.91. The second kappa shape index (κ2) is 3.35. The Hall–Kier alpha value is -1.70. The molecule has 2 aromatic rings. The second-order valence-electron chi connectivity index (χ2n) is 3.11. The van der Waals surface area contributed by atoms with Crippen molar-refractivity contribution in [2.45, 2.75) is 6.42 Å². The van der Waals surface area contributed by atoms with E-state index < -0.39 is 0 Å². The molecule has 0 fully saturated rings. The van der Waals surface area contributed by atoms with Gasteiger partial charge in [0, 0.05) is 24.0 Å². The summed E-state index contributed by atoms with van der Waals surface area (Å²) >= 11 is 0. The molecule has 0 aliphatic heterocycles. The monoisotopic (exact) mass is 172 g/mol. The van der Waals surface area contributed by atoms with Crippen molar-refractivity contribution in [1.29, 1.82) is 0 Å². The third-order valence-corrected chi connectivity index (χ3v) is 2.04. The van der Waals surface area contributed by atoms with Gasteiger partial charge in [-0.15, -0.1) is 0 Å². The first-order chi connectivity index (χ1) is 6.34. The first-order valence-electron chi connectivity index (χ1n) is 4.31. The number of benzene rings is 1. The SMILES string of the molecule is Nc1ccc(Cc2ccc[nH]2)cc1. The van der Waals surface area contributed by atoms with Gasteiger partial charge in [-0.2, -0.15) is 0 Å². The fraction of sp³-hybridized carbons (Fsp3) is 0.0909. The molecular formula is C11H12N2. The molecule has 0 aliphatic rings. The van der Waals surface area contributed by atoms with Crippen molar-refractivity contribution < 1.29 is 0 Å². The van der Waals surface area contributed by atoms with Crippen molar-refractivity contribution >= 4 is 5.69 Å². The van der Waals surface area contributed by atoms with Crippen LogP contribution in [0.4, 0.5) is 5.69 Å². The lowest BCUT2D eigenvalue weighted by atomic mass is 10.1. The summed E-state index contributed by atoms with van der Waals surface area (Å²) in [5.74, 6) is 0. The van der Waals surface area contributed by atoms with Gasteiger partial charge in [0.2, 0.25) is 0 Å². The predicted molar refractivity (Wildman–Crippen MR) is 54.5 cm³/mol. The van der Waals surface area contributed by atoms with Gasteiger partial charge < -0.3 is 10.7 Å². The van der Waals surface area contributed by atoms with Gasteiger partial charge in [0.1, 0.15) is 0 Å². The van der Waals surface area contributed by atoms with Crippen molar-refractivity contribution in [3.63, 3.8) is 0 Å². The molecule has 0 spiro atoms. The summed E-state index contributed by atoms with van der Waals surface area (Å²) in [4.78, 5) is 3.17. The Labute approximate surface area is 77.4 Å². The quantitative estimate of drug-likeness (QED) is 0.670. The van der Waals surface area contributed by atoms with Crippen LogP contribution in [0.25, 0.3) is 0 Å². The van der Waals surface area contributed by atoms with Crippen LogP contribution >= 0.6 is 0 Å². The zero-order chi connectivity index (χ0) is 9.10. The maximum Gasteiger partial charge on any atom is 0.0314 e. The average Bonchev–Trinajstić information content (AvgIpc) is 2.62. The Balaban J connectivity index is 2.15. The van der Waals surface area contributed by atoms with Crippen LogP contribution in [0.2, 0.25) is 0 Å². The number of hydrogen-bond donors (Lipinski definition) is 2. The molecule has 1 heterocycles. The second-order valence-corrected chi connectivity index (χ2v) is 3.11. The highest BCUT2D eigenvalue weighted by atomic mass is 14.7. The number of aromatic amines is 1. The lowest BCUT2D eigenvalue weighted by Gasteiger charge is -1.99. The van der Waals surface area contributed by atoms with Crippen molar-refractivity contribution in [3.8, 4) is 0 Å². The average molecular weight is 172 g/mol. The summed E-state index contributed by atoms with van der Waals surface area (Å²) in [5, 5.41) is 0. The molecule has 66 valence electrons. The summed E-state index contributed by atoms with van der Waals surface area (Å²) in [6.45, 7) is 0. The van der Waals surface area contributed by atoms with Gasteiger partial charge in [0.25, 0.3) is 0 Å². The van der Waals surface area contributed by atoms with Crippen molar-refractivity contribution in [1.82, 2.24) is 4.98 Å². The molecule has 0 amide bonds. The van der Waals surface area contributed by atoms with E-state index in [-0.39, 0.29) is 0 Å². The predicted octanol–water partition coefficient (Wildman–Crippen LogP) is 2.19. The highest BCUT2D eigenvalue weighted by Crippen LogP contribution is 2.09. The Bertz CT molecular complexity index is 359.